The summed E-state index contributed by atoms with van der Waals surface area (Å²) >= 11 is 1.75. The molecular formula is C20H32N4O4S. The second-order valence-corrected chi connectivity index (χ2v) is 7.01. The van der Waals surface area contributed by atoms with Gasteiger partial charge in [0.15, 0.2) is 0 Å². The van der Waals surface area contributed by atoms with Crippen LogP contribution in [0, 0.1) is 0 Å². The Morgan fingerprint density at radius 1 is 1.24 bits per heavy atom. The number of carbonyl (C=O) groups is 1. The maximum atomic E-state index is 10.2. The van der Waals surface area contributed by atoms with Crippen molar-refractivity contribution in [3.63, 3.8) is 0 Å². The van der Waals surface area contributed by atoms with E-state index in [0.717, 1.165) is 16.6 Å². The molecule has 0 atom stereocenters. The van der Waals surface area contributed by atoms with Gasteiger partial charge < -0.3 is 19.2 Å². The molecule has 1 amide bonds. The molecule has 8 nitrogen and oxygen atoms in total. The number of benzene rings is 1. The van der Waals surface area contributed by atoms with Gasteiger partial charge in [-0.25, -0.2) is 0 Å². The summed E-state index contributed by atoms with van der Waals surface area (Å²) in [5.74, 6) is 1.81. The van der Waals surface area contributed by atoms with Gasteiger partial charge in [-0.1, -0.05) is 37.9 Å². The number of hydrogen-bond donors (Lipinski definition) is 2. The fourth-order valence-corrected chi connectivity index (χ4v) is 2.81. The highest BCUT2D eigenvalue weighted by Gasteiger charge is 2.22. The highest BCUT2D eigenvalue weighted by Crippen LogP contribution is 2.32. The zero-order valence-corrected chi connectivity index (χ0v) is 18.7. The van der Waals surface area contributed by atoms with Crippen LogP contribution in [0.1, 0.15) is 39.5 Å². The molecule has 0 spiro atoms. The van der Waals surface area contributed by atoms with Gasteiger partial charge in [-0.3, -0.25) is 9.52 Å². The zero-order chi connectivity index (χ0) is 21.5. The monoisotopic (exact) mass is 424 g/mol. The molecule has 162 valence electrons. The Morgan fingerprint density at radius 2 is 1.97 bits per heavy atom. The van der Waals surface area contributed by atoms with Gasteiger partial charge in [-0.15, -0.1) is 10.2 Å². The first-order valence-electron chi connectivity index (χ1n) is 9.71. The number of nitrogens with one attached hydrogen (secondary N) is 2. The average molecular weight is 425 g/mol. The van der Waals surface area contributed by atoms with Gasteiger partial charge >= 0.3 is 0 Å². The third kappa shape index (κ3) is 10.3. The maximum absolute atomic E-state index is 10.2. The number of amides is 1. The van der Waals surface area contributed by atoms with Crippen molar-refractivity contribution in [1.29, 1.82) is 0 Å². The number of ether oxygens (including phenoxy) is 2. The molecule has 1 aliphatic carbocycles. The molecule has 0 unspecified atom stereocenters. The van der Waals surface area contributed by atoms with E-state index in [2.05, 4.69) is 25.0 Å². The molecule has 2 N–H and O–H groups in total. The molecular weight excluding hydrogens is 392 g/mol. The van der Waals surface area contributed by atoms with Crippen LogP contribution in [0.3, 0.4) is 0 Å². The van der Waals surface area contributed by atoms with E-state index in [0.29, 0.717) is 31.5 Å². The van der Waals surface area contributed by atoms with Gasteiger partial charge in [0.1, 0.15) is 5.75 Å². The fourth-order valence-electron chi connectivity index (χ4n) is 1.99. The largest absolute Gasteiger partial charge is 0.496 e. The second-order valence-electron chi connectivity index (χ2n) is 5.82. The van der Waals surface area contributed by atoms with Gasteiger partial charge in [-0.2, -0.15) is 0 Å². The molecule has 9 heteroatoms. The quantitative estimate of drug-likeness (QED) is 0.467. The minimum absolute atomic E-state index is 0.0120. The van der Waals surface area contributed by atoms with E-state index in [1.807, 2.05) is 38.1 Å². The second kappa shape index (κ2) is 14.8. The van der Waals surface area contributed by atoms with E-state index in [1.54, 1.807) is 26.2 Å². The summed E-state index contributed by atoms with van der Waals surface area (Å²) in [4.78, 5) is 10.2. The fraction of sp³-hybridized carbons (Fsp3) is 0.550. The smallest absolute Gasteiger partial charge is 0.251 e. The van der Waals surface area contributed by atoms with Crippen molar-refractivity contribution in [2.75, 3.05) is 27.4 Å². The minimum Gasteiger partial charge on any atom is -0.496 e. The summed E-state index contributed by atoms with van der Waals surface area (Å²) in [5, 5.41) is 11.4. The molecule has 1 heterocycles. The summed E-state index contributed by atoms with van der Waals surface area (Å²) in [6.45, 7) is 7.25. The standard InChI is InChI=1S/C13H15N3O2S.C5H11NO2.C2H6/c1-17-11-5-3-2-4-10(11)13-16-15-12(18-13)8-14-19-9-6-7-9;1-5(7)6-3-4-8-2;1-2/h2-5,9,14H,6-8H2,1H3;3-4H2,1-2H3,(H,6,7);1-2H3. The summed E-state index contributed by atoms with van der Waals surface area (Å²) in [6.07, 6.45) is 2.60. The number of nitrogens with zero attached hydrogens (tertiary/aromatic N) is 2. The topological polar surface area (TPSA) is 98.5 Å². The Morgan fingerprint density at radius 3 is 2.59 bits per heavy atom. The van der Waals surface area contributed by atoms with Crippen molar-refractivity contribution in [3.05, 3.63) is 30.2 Å². The van der Waals surface area contributed by atoms with Crippen LogP contribution in [-0.4, -0.2) is 48.7 Å². The summed E-state index contributed by atoms with van der Waals surface area (Å²) in [5.41, 5.74) is 0.818. The summed E-state index contributed by atoms with van der Waals surface area (Å²) in [6, 6.07) is 7.61. The lowest BCUT2D eigenvalue weighted by Crippen LogP contribution is -2.23. The van der Waals surface area contributed by atoms with Crippen LogP contribution >= 0.6 is 11.9 Å². The van der Waals surface area contributed by atoms with E-state index >= 15 is 0 Å². The SMILES string of the molecule is CC.COCCNC(C)=O.COc1ccccc1-c1nnc(CNSC2CC2)o1. The van der Waals surface area contributed by atoms with Crippen molar-refractivity contribution in [1.82, 2.24) is 20.2 Å². The molecule has 1 aromatic carbocycles. The van der Waals surface area contributed by atoms with Crippen molar-refractivity contribution < 1.29 is 18.7 Å². The lowest BCUT2D eigenvalue weighted by Gasteiger charge is -2.03. The zero-order valence-electron chi connectivity index (χ0n) is 17.9. The molecule has 0 radical (unpaired) electrons. The van der Waals surface area contributed by atoms with Gasteiger partial charge in [0.25, 0.3) is 5.89 Å². The number of rotatable bonds is 9. The number of methoxy groups -OCH3 is 2. The lowest BCUT2D eigenvalue weighted by atomic mass is 10.2. The maximum Gasteiger partial charge on any atom is 0.251 e. The van der Waals surface area contributed by atoms with E-state index < -0.39 is 0 Å². The van der Waals surface area contributed by atoms with Crippen molar-refractivity contribution in [2.45, 2.75) is 45.4 Å². The van der Waals surface area contributed by atoms with E-state index in [4.69, 9.17) is 9.15 Å². The third-order valence-corrected chi connectivity index (χ3v) is 4.60. The molecule has 3 rings (SSSR count). The molecule has 0 bridgehead atoms. The van der Waals surface area contributed by atoms with Gasteiger partial charge in [-0.05, 0) is 25.0 Å². The minimum atomic E-state index is -0.0120. The molecule has 1 aliphatic rings. The van der Waals surface area contributed by atoms with E-state index in [-0.39, 0.29) is 5.91 Å². The first-order chi connectivity index (χ1) is 14.1. The molecule has 29 heavy (non-hydrogen) atoms. The molecule has 1 fully saturated rings. The van der Waals surface area contributed by atoms with Crippen LogP contribution in [-0.2, 0) is 16.1 Å². The Kier molecular flexibility index (Phi) is 12.8. The predicted molar refractivity (Wildman–Crippen MR) is 116 cm³/mol. The highest BCUT2D eigenvalue weighted by atomic mass is 32.2. The Labute approximate surface area is 177 Å². The molecule has 1 aromatic heterocycles. The van der Waals surface area contributed by atoms with Gasteiger partial charge in [0.05, 0.1) is 25.8 Å². The Hall–Kier alpha value is -2.10. The van der Waals surface area contributed by atoms with E-state index in [9.17, 15) is 4.79 Å². The van der Waals surface area contributed by atoms with Crippen LogP contribution in [0.4, 0.5) is 0 Å². The lowest BCUT2D eigenvalue weighted by molar-refractivity contribution is -0.119. The van der Waals surface area contributed by atoms with Crippen LogP contribution in [0.2, 0.25) is 0 Å². The Bertz CT molecular complexity index is 707. The van der Waals surface area contributed by atoms with Gasteiger partial charge in [0, 0.05) is 25.8 Å². The number of carbonyl (C=O) groups excluding carboxylic acids is 1. The third-order valence-electron chi connectivity index (χ3n) is 3.48. The highest BCUT2D eigenvalue weighted by molar-refractivity contribution is 7.98. The predicted octanol–water partition coefficient (Wildman–Crippen LogP) is 3.44. The molecule has 0 aliphatic heterocycles. The van der Waals surface area contributed by atoms with Gasteiger partial charge in [0.2, 0.25) is 11.8 Å². The summed E-state index contributed by atoms with van der Waals surface area (Å²) < 4.78 is 18.8. The Balaban J connectivity index is 0.000000358. The average Bonchev–Trinajstić information content (AvgIpc) is 3.45. The van der Waals surface area contributed by atoms with Crippen molar-refractivity contribution in [3.8, 4) is 17.2 Å². The summed E-state index contributed by atoms with van der Waals surface area (Å²) in [7, 11) is 3.23. The number of aromatic nitrogens is 2. The first-order valence-corrected chi connectivity index (χ1v) is 10.6. The normalized spacial score (nSPS) is 12.2. The number of hydrogen-bond acceptors (Lipinski definition) is 8. The molecule has 1 saturated carbocycles. The van der Waals surface area contributed by atoms with E-state index in [1.165, 1.54) is 19.8 Å². The molecule has 2 aromatic rings. The molecule has 0 saturated heterocycles. The van der Waals surface area contributed by atoms with Crippen LogP contribution in [0.5, 0.6) is 5.75 Å². The van der Waals surface area contributed by atoms with Crippen LogP contribution in [0.25, 0.3) is 11.5 Å². The first kappa shape index (κ1) is 24.9. The van der Waals surface area contributed by atoms with Crippen molar-refractivity contribution >= 4 is 17.9 Å². The van der Waals surface area contributed by atoms with Crippen LogP contribution < -0.4 is 14.8 Å². The van der Waals surface area contributed by atoms with Crippen molar-refractivity contribution in [2.24, 2.45) is 0 Å². The van der Waals surface area contributed by atoms with Crippen LogP contribution in [0.15, 0.2) is 28.7 Å². The number of para-hydroxylation sites is 1.